The summed E-state index contributed by atoms with van der Waals surface area (Å²) in [7, 11) is 1.65. The highest BCUT2D eigenvalue weighted by Crippen LogP contribution is 2.37. The predicted octanol–water partition coefficient (Wildman–Crippen LogP) is 3.30. The van der Waals surface area contributed by atoms with Crippen molar-refractivity contribution in [2.75, 3.05) is 20.3 Å². The van der Waals surface area contributed by atoms with Crippen molar-refractivity contribution < 1.29 is 9.47 Å². The maximum Gasteiger partial charge on any atom is 0.145 e. The van der Waals surface area contributed by atoms with Crippen LogP contribution in [0.2, 0.25) is 0 Å². The highest BCUT2D eigenvalue weighted by molar-refractivity contribution is 9.12. The summed E-state index contributed by atoms with van der Waals surface area (Å²) in [5, 5.41) is 0. The summed E-state index contributed by atoms with van der Waals surface area (Å²) in [6.45, 7) is 1.19. The molecule has 0 atom stereocenters. The van der Waals surface area contributed by atoms with Crippen molar-refractivity contribution in [2.45, 2.75) is 0 Å². The molecule has 2 nitrogen and oxygen atoms in total. The molecule has 0 aromatic carbocycles. The summed E-state index contributed by atoms with van der Waals surface area (Å²) in [5.41, 5.74) is 0. The van der Waals surface area contributed by atoms with Gasteiger partial charge in [-0.05, 0) is 31.9 Å². The zero-order chi connectivity index (χ0) is 8.97. The quantitative estimate of drug-likeness (QED) is 0.794. The highest BCUT2D eigenvalue weighted by Gasteiger charge is 2.05. The van der Waals surface area contributed by atoms with Gasteiger partial charge in [-0.15, -0.1) is 11.3 Å². The fraction of sp³-hybridized carbons (Fsp3) is 0.429. The molecule has 5 heteroatoms. The van der Waals surface area contributed by atoms with Gasteiger partial charge in [0.05, 0.1) is 10.4 Å². The standard InChI is InChI=1S/C7H8Br2O2S/c1-10-2-3-11-5-4-6(8)12-7(5)9/h4H,2-3H2,1H3. The van der Waals surface area contributed by atoms with Gasteiger partial charge in [0.15, 0.2) is 0 Å². The summed E-state index contributed by atoms with van der Waals surface area (Å²) in [5.74, 6) is 0.865. The van der Waals surface area contributed by atoms with Crippen LogP contribution < -0.4 is 4.74 Å². The van der Waals surface area contributed by atoms with Crippen LogP contribution >= 0.6 is 43.2 Å². The molecule has 0 aliphatic rings. The molecular formula is C7H8Br2O2S. The molecule has 1 aromatic rings. The monoisotopic (exact) mass is 314 g/mol. The molecule has 0 saturated heterocycles. The number of rotatable bonds is 4. The molecule has 0 spiro atoms. The Balaban J connectivity index is 2.45. The molecule has 0 N–H and O–H groups in total. The first kappa shape index (κ1) is 10.5. The van der Waals surface area contributed by atoms with Crippen molar-refractivity contribution in [3.05, 3.63) is 13.6 Å². The van der Waals surface area contributed by atoms with E-state index < -0.39 is 0 Å². The van der Waals surface area contributed by atoms with Crippen molar-refractivity contribution in [1.29, 1.82) is 0 Å². The molecule has 0 saturated carbocycles. The van der Waals surface area contributed by atoms with Crippen molar-refractivity contribution in [1.82, 2.24) is 0 Å². The van der Waals surface area contributed by atoms with Crippen molar-refractivity contribution in [3.63, 3.8) is 0 Å². The molecule has 1 heterocycles. The molecule has 0 aliphatic heterocycles. The predicted molar refractivity (Wildman–Crippen MR) is 57.1 cm³/mol. The van der Waals surface area contributed by atoms with Crippen LogP contribution in [0.15, 0.2) is 13.6 Å². The van der Waals surface area contributed by atoms with Gasteiger partial charge in [-0.2, -0.15) is 0 Å². The van der Waals surface area contributed by atoms with E-state index in [0.717, 1.165) is 13.3 Å². The number of hydrogen-bond donors (Lipinski definition) is 0. The van der Waals surface area contributed by atoms with Crippen LogP contribution in [0.3, 0.4) is 0 Å². The van der Waals surface area contributed by atoms with Gasteiger partial charge in [0.1, 0.15) is 16.1 Å². The van der Waals surface area contributed by atoms with Gasteiger partial charge in [0.2, 0.25) is 0 Å². The first-order valence-electron chi connectivity index (χ1n) is 3.30. The van der Waals surface area contributed by atoms with Gasteiger partial charge < -0.3 is 9.47 Å². The first-order chi connectivity index (χ1) is 5.74. The van der Waals surface area contributed by atoms with Crippen LogP contribution in [0, 0.1) is 0 Å². The second-order valence-corrected chi connectivity index (χ2v) is 5.78. The molecule has 0 unspecified atom stereocenters. The molecule has 0 amide bonds. The second-order valence-electron chi connectivity index (χ2n) is 2.03. The Labute approximate surface area is 92.1 Å². The van der Waals surface area contributed by atoms with Crippen molar-refractivity contribution >= 4 is 43.2 Å². The Hall–Kier alpha value is 0.420. The summed E-state index contributed by atoms with van der Waals surface area (Å²) in [4.78, 5) is 0. The number of halogens is 2. The van der Waals surface area contributed by atoms with E-state index in [-0.39, 0.29) is 0 Å². The highest BCUT2D eigenvalue weighted by atomic mass is 79.9. The fourth-order valence-electron chi connectivity index (χ4n) is 0.659. The number of hydrogen-bond acceptors (Lipinski definition) is 3. The minimum atomic E-state index is 0.582. The lowest BCUT2D eigenvalue weighted by atomic mass is 10.6. The Bertz CT molecular complexity index is 250. The van der Waals surface area contributed by atoms with Crippen molar-refractivity contribution in [2.24, 2.45) is 0 Å². The minimum Gasteiger partial charge on any atom is -0.489 e. The third kappa shape index (κ3) is 3.05. The Morgan fingerprint density at radius 1 is 1.42 bits per heavy atom. The smallest absolute Gasteiger partial charge is 0.145 e. The van der Waals surface area contributed by atoms with E-state index in [1.165, 1.54) is 0 Å². The number of thiophene rings is 1. The van der Waals surface area contributed by atoms with Crippen molar-refractivity contribution in [3.8, 4) is 5.75 Å². The van der Waals surface area contributed by atoms with Gasteiger partial charge >= 0.3 is 0 Å². The normalized spacial score (nSPS) is 10.2. The average Bonchev–Trinajstić information content (AvgIpc) is 2.31. The van der Waals surface area contributed by atoms with Crippen LogP contribution in [0.1, 0.15) is 0 Å². The van der Waals surface area contributed by atoms with Crippen LogP contribution in [0.5, 0.6) is 5.75 Å². The zero-order valence-corrected chi connectivity index (χ0v) is 10.5. The lowest BCUT2D eigenvalue weighted by molar-refractivity contribution is 0.146. The van der Waals surface area contributed by atoms with E-state index in [2.05, 4.69) is 31.9 Å². The van der Waals surface area contributed by atoms with E-state index in [9.17, 15) is 0 Å². The third-order valence-electron chi connectivity index (χ3n) is 1.17. The average molecular weight is 316 g/mol. The molecule has 0 radical (unpaired) electrons. The van der Waals surface area contributed by atoms with E-state index in [4.69, 9.17) is 9.47 Å². The summed E-state index contributed by atoms with van der Waals surface area (Å²) < 4.78 is 12.3. The van der Waals surface area contributed by atoms with Gasteiger partial charge in [0, 0.05) is 13.2 Å². The molecule has 0 bridgehead atoms. The molecule has 0 aliphatic carbocycles. The van der Waals surface area contributed by atoms with E-state index in [0.29, 0.717) is 13.2 Å². The topological polar surface area (TPSA) is 18.5 Å². The summed E-state index contributed by atoms with van der Waals surface area (Å²) in [6.07, 6.45) is 0. The Kier molecular flexibility index (Phi) is 4.56. The minimum absolute atomic E-state index is 0.582. The maximum atomic E-state index is 5.41. The lowest BCUT2D eigenvalue weighted by Crippen LogP contribution is -2.03. The molecule has 68 valence electrons. The lowest BCUT2D eigenvalue weighted by Gasteiger charge is -2.02. The largest absolute Gasteiger partial charge is 0.489 e. The van der Waals surface area contributed by atoms with Gasteiger partial charge in [0.25, 0.3) is 0 Å². The first-order valence-corrected chi connectivity index (χ1v) is 5.71. The van der Waals surface area contributed by atoms with E-state index >= 15 is 0 Å². The summed E-state index contributed by atoms with van der Waals surface area (Å²) >= 11 is 8.36. The van der Waals surface area contributed by atoms with E-state index in [1.54, 1.807) is 18.4 Å². The van der Waals surface area contributed by atoms with Crippen LogP contribution in [-0.4, -0.2) is 20.3 Å². The Morgan fingerprint density at radius 3 is 2.67 bits per heavy atom. The van der Waals surface area contributed by atoms with Gasteiger partial charge in [-0.1, -0.05) is 0 Å². The van der Waals surface area contributed by atoms with Gasteiger partial charge in [-0.3, -0.25) is 0 Å². The Morgan fingerprint density at radius 2 is 2.17 bits per heavy atom. The second kappa shape index (κ2) is 5.21. The maximum absolute atomic E-state index is 5.41. The molecule has 1 aromatic heterocycles. The molecule has 12 heavy (non-hydrogen) atoms. The summed E-state index contributed by atoms with van der Waals surface area (Å²) in [6, 6.07) is 1.93. The SMILES string of the molecule is COCCOc1cc(Br)sc1Br. The third-order valence-corrected chi connectivity index (χ3v) is 3.45. The molecule has 0 fully saturated rings. The van der Waals surface area contributed by atoms with Crippen LogP contribution in [0.25, 0.3) is 0 Å². The molecule has 1 rings (SSSR count). The van der Waals surface area contributed by atoms with E-state index in [1.807, 2.05) is 6.07 Å². The molecular weight excluding hydrogens is 308 g/mol. The number of ether oxygens (including phenoxy) is 2. The fourth-order valence-corrected chi connectivity index (χ4v) is 3.31. The van der Waals surface area contributed by atoms with Gasteiger partial charge in [-0.25, -0.2) is 0 Å². The van der Waals surface area contributed by atoms with Crippen LogP contribution in [0.4, 0.5) is 0 Å². The zero-order valence-electron chi connectivity index (χ0n) is 6.47. The van der Waals surface area contributed by atoms with Crippen LogP contribution in [-0.2, 0) is 4.74 Å². The number of methoxy groups -OCH3 is 1.